The zero-order valence-corrected chi connectivity index (χ0v) is 12.7. The predicted octanol–water partition coefficient (Wildman–Crippen LogP) is 1.59. The van der Waals surface area contributed by atoms with E-state index in [0.717, 1.165) is 11.1 Å². The lowest BCUT2D eigenvalue weighted by Gasteiger charge is -2.35. The number of ether oxygens (including phenoxy) is 1. The van der Waals surface area contributed by atoms with Crippen molar-refractivity contribution in [3.63, 3.8) is 0 Å². The number of hydrogen-bond donors (Lipinski definition) is 1. The van der Waals surface area contributed by atoms with Crippen molar-refractivity contribution >= 4 is 5.91 Å². The van der Waals surface area contributed by atoms with E-state index < -0.39 is 0 Å². The molecule has 2 rings (SSSR count). The van der Waals surface area contributed by atoms with E-state index in [1.165, 1.54) is 0 Å². The summed E-state index contributed by atoms with van der Waals surface area (Å²) in [7, 11) is 0. The summed E-state index contributed by atoms with van der Waals surface area (Å²) in [6, 6.07) is 5.51. The van der Waals surface area contributed by atoms with Crippen LogP contribution in [-0.4, -0.2) is 47.8 Å². The molecule has 0 aromatic heterocycles. The Morgan fingerprint density at radius 2 is 2.05 bits per heavy atom. The van der Waals surface area contributed by atoms with Gasteiger partial charge in [-0.25, -0.2) is 0 Å². The molecule has 1 aromatic rings. The minimum absolute atomic E-state index is 0.0159. The molecular weight excluding hydrogens is 266 g/mol. The maximum Gasteiger partial charge on any atom is 0.254 e. The van der Waals surface area contributed by atoms with Gasteiger partial charge in [-0.2, -0.15) is 0 Å². The summed E-state index contributed by atoms with van der Waals surface area (Å²) < 4.78 is 5.67. The number of hydrogen-bond acceptors (Lipinski definition) is 3. The highest BCUT2D eigenvalue weighted by Gasteiger charge is 2.27. The van der Waals surface area contributed by atoms with Crippen LogP contribution in [0.5, 0.6) is 0 Å². The monoisotopic (exact) mass is 287 g/mol. The summed E-state index contributed by atoms with van der Waals surface area (Å²) >= 11 is 0. The maximum absolute atomic E-state index is 12.7. The molecule has 1 fully saturated rings. The molecule has 0 bridgehead atoms. The van der Waals surface area contributed by atoms with Crippen LogP contribution in [0.1, 0.15) is 35.3 Å². The quantitative estimate of drug-likeness (QED) is 0.798. The van der Waals surface area contributed by atoms with Crippen molar-refractivity contribution in [2.45, 2.75) is 33.0 Å². The maximum atomic E-state index is 12.7. The van der Waals surface area contributed by atoms with E-state index in [1.54, 1.807) is 0 Å². The topological polar surface area (TPSA) is 49.8 Å². The van der Waals surface area contributed by atoms with Crippen molar-refractivity contribution < 1.29 is 14.6 Å². The van der Waals surface area contributed by atoms with Crippen molar-refractivity contribution in [1.29, 1.82) is 0 Å². The third kappa shape index (κ3) is 3.63. The fraction of sp³-hybridized carbons (Fsp3) is 0.471. The van der Waals surface area contributed by atoms with Gasteiger partial charge in [-0.15, -0.1) is 0 Å². The summed E-state index contributed by atoms with van der Waals surface area (Å²) in [5.74, 6) is 5.52. The van der Waals surface area contributed by atoms with Gasteiger partial charge >= 0.3 is 0 Å². The van der Waals surface area contributed by atoms with Crippen molar-refractivity contribution in [2.75, 3.05) is 19.7 Å². The Morgan fingerprint density at radius 1 is 1.38 bits per heavy atom. The van der Waals surface area contributed by atoms with Crippen LogP contribution in [0.3, 0.4) is 0 Å². The second-order valence-electron chi connectivity index (χ2n) is 5.41. The number of morpholine rings is 1. The molecule has 1 saturated heterocycles. The van der Waals surface area contributed by atoms with Crippen LogP contribution in [0, 0.1) is 18.8 Å². The lowest BCUT2D eigenvalue weighted by molar-refractivity contribution is -0.0586. The first-order chi connectivity index (χ1) is 10.0. The summed E-state index contributed by atoms with van der Waals surface area (Å²) in [5, 5.41) is 8.80. The molecule has 0 aliphatic carbocycles. The Bertz CT molecular complexity index is 575. The van der Waals surface area contributed by atoms with Gasteiger partial charge in [0, 0.05) is 24.2 Å². The molecule has 1 aromatic carbocycles. The molecule has 2 atom stereocenters. The Labute approximate surface area is 125 Å². The van der Waals surface area contributed by atoms with Gasteiger partial charge in [0.15, 0.2) is 0 Å². The van der Waals surface area contributed by atoms with Crippen molar-refractivity contribution in [3.8, 4) is 11.8 Å². The Hall–Kier alpha value is -1.83. The normalized spacial score (nSPS) is 21.6. The molecule has 112 valence electrons. The van der Waals surface area contributed by atoms with Gasteiger partial charge in [0.2, 0.25) is 0 Å². The third-order valence-corrected chi connectivity index (χ3v) is 3.57. The lowest BCUT2D eigenvalue weighted by atomic mass is 10.0. The Balaban J connectivity index is 2.27. The molecule has 0 spiro atoms. The molecule has 1 aliphatic rings. The third-order valence-electron chi connectivity index (χ3n) is 3.57. The summed E-state index contributed by atoms with van der Waals surface area (Å²) in [4.78, 5) is 14.5. The molecule has 1 amide bonds. The minimum atomic E-state index is -0.184. The van der Waals surface area contributed by atoms with E-state index in [9.17, 15) is 4.79 Å². The van der Waals surface area contributed by atoms with Crippen LogP contribution in [-0.2, 0) is 4.74 Å². The zero-order valence-electron chi connectivity index (χ0n) is 12.7. The number of nitrogens with zero attached hydrogens (tertiary/aromatic N) is 1. The first-order valence-corrected chi connectivity index (χ1v) is 7.17. The molecule has 4 heteroatoms. The SMILES string of the molecule is Cc1c(C#CCO)cccc1C(=O)N1C[C@@H](C)O[C@@H](C)C1. The molecule has 0 saturated carbocycles. The molecule has 1 aliphatic heterocycles. The number of amides is 1. The smallest absolute Gasteiger partial charge is 0.254 e. The average molecular weight is 287 g/mol. The predicted molar refractivity (Wildman–Crippen MR) is 81.1 cm³/mol. The molecule has 1 N–H and O–H groups in total. The van der Waals surface area contributed by atoms with Crippen LogP contribution < -0.4 is 0 Å². The van der Waals surface area contributed by atoms with Crippen LogP contribution in [0.15, 0.2) is 18.2 Å². The van der Waals surface area contributed by atoms with Crippen LogP contribution in [0.2, 0.25) is 0 Å². The van der Waals surface area contributed by atoms with Gasteiger partial charge in [0.05, 0.1) is 12.2 Å². The van der Waals surface area contributed by atoms with Crippen molar-refractivity contribution in [3.05, 3.63) is 34.9 Å². The van der Waals surface area contributed by atoms with E-state index in [4.69, 9.17) is 9.84 Å². The highest BCUT2D eigenvalue weighted by Crippen LogP contribution is 2.18. The van der Waals surface area contributed by atoms with Gasteiger partial charge in [-0.3, -0.25) is 4.79 Å². The van der Waals surface area contributed by atoms with E-state index >= 15 is 0 Å². The van der Waals surface area contributed by atoms with Gasteiger partial charge in [-0.1, -0.05) is 17.9 Å². The lowest BCUT2D eigenvalue weighted by Crippen LogP contribution is -2.48. The van der Waals surface area contributed by atoms with Gasteiger partial charge in [0.1, 0.15) is 6.61 Å². The number of carbonyl (C=O) groups excluding carboxylic acids is 1. The van der Waals surface area contributed by atoms with Crippen LogP contribution >= 0.6 is 0 Å². The molecule has 1 heterocycles. The Kier molecular flexibility index (Phi) is 5.00. The second-order valence-corrected chi connectivity index (χ2v) is 5.41. The first-order valence-electron chi connectivity index (χ1n) is 7.17. The van der Waals surface area contributed by atoms with Crippen LogP contribution in [0.4, 0.5) is 0 Å². The minimum Gasteiger partial charge on any atom is -0.384 e. The molecule has 21 heavy (non-hydrogen) atoms. The van der Waals surface area contributed by atoms with Gasteiger partial charge < -0.3 is 14.7 Å². The molecule has 4 nitrogen and oxygen atoms in total. The number of benzene rings is 1. The first kappa shape index (κ1) is 15.6. The number of rotatable bonds is 1. The van der Waals surface area contributed by atoms with Crippen molar-refractivity contribution in [1.82, 2.24) is 4.90 Å². The van der Waals surface area contributed by atoms with Crippen LogP contribution in [0.25, 0.3) is 0 Å². The number of carbonyl (C=O) groups is 1. The highest BCUT2D eigenvalue weighted by atomic mass is 16.5. The molecule has 0 radical (unpaired) electrons. The standard InChI is InChI=1S/C17H21NO3/c1-12-10-18(11-13(2)21-12)17(20)16-8-4-6-15(14(16)3)7-5-9-19/h4,6,8,12-13,19H,9-11H2,1-3H3/t12-,13+. The second kappa shape index (κ2) is 6.75. The average Bonchev–Trinajstić information content (AvgIpc) is 2.44. The summed E-state index contributed by atoms with van der Waals surface area (Å²) in [5.41, 5.74) is 2.31. The van der Waals surface area contributed by atoms with Gasteiger partial charge in [-0.05, 0) is 38.5 Å². The molecular formula is C17H21NO3. The van der Waals surface area contributed by atoms with Crippen molar-refractivity contribution in [2.24, 2.45) is 0 Å². The fourth-order valence-electron chi connectivity index (χ4n) is 2.65. The fourth-order valence-corrected chi connectivity index (χ4v) is 2.65. The highest BCUT2D eigenvalue weighted by molar-refractivity contribution is 5.96. The zero-order chi connectivity index (χ0) is 15.4. The number of aliphatic hydroxyl groups is 1. The van der Waals surface area contributed by atoms with E-state index in [2.05, 4.69) is 11.8 Å². The number of aliphatic hydroxyl groups excluding tert-OH is 1. The Morgan fingerprint density at radius 3 is 2.67 bits per heavy atom. The summed E-state index contributed by atoms with van der Waals surface area (Å²) in [6.07, 6.45) is 0.103. The molecule has 0 unspecified atom stereocenters. The summed E-state index contributed by atoms with van der Waals surface area (Å²) in [6.45, 7) is 6.88. The van der Waals surface area contributed by atoms with E-state index in [0.29, 0.717) is 18.7 Å². The van der Waals surface area contributed by atoms with Gasteiger partial charge in [0.25, 0.3) is 5.91 Å². The van der Waals surface area contributed by atoms with E-state index in [1.807, 2.05) is 43.9 Å². The van der Waals surface area contributed by atoms with E-state index in [-0.39, 0.29) is 24.7 Å². The largest absolute Gasteiger partial charge is 0.384 e.